The molecule has 0 spiro atoms. The number of hydrogen-bond donors (Lipinski definition) is 1. The van der Waals surface area contributed by atoms with Crippen LogP contribution in [0.5, 0.6) is 5.75 Å². The van der Waals surface area contributed by atoms with Crippen LogP contribution in [0.25, 0.3) is 0 Å². The van der Waals surface area contributed by atoms with Crippen LogP contribution in [0, 0.1) is 0 Å². The van der Waals surface area contributed by atoms with Gasteiger partial charge >= 0.3 is 0 Å². The second kappa shape index (κ2) is 7.16. The third-order valence-electron chi connectivity index (χ3n) is 2.61. The number of sulfonamides is 1. The molecule has 1 aromatic rings. The van der Waals surface area contributed by atoms with Crippen LogP contribution >= 0.6 is 0 Å². The predicted molar refractivity (Wildman–Crippen MR) is 88.3 cm³/mol. The van der Waals surface area contributed by atoms with E-state index in [0.29, 0.717) is 11.3 Å². The maximum absolute atomic E-state index is 12.3. The average Bonchev–Trinajstić information content (AvgIpc) is 2.32. The van der Waals surface area contributed by atoms with E-state index in [9.17, 15) is 16.8 Å². The zero-order valence-corrected chi connectivity index (χ0v) is 15.5. The van der Waals surface area contributed by atoms with Gasteiger partial charge in [-0.1, -0.05) is 18.2 Å². The lowest BCUT2D eigenvalue weighted by Crippen LogP contribution is -2.43. The summed E-state index contributed by atoms with van der Waals surface area (Å²) in [7, 11) is -6.22. The summed E-state index contributed by atoms with van der Waals surface area (Å²) in [6.45, 7) is 5.08. The van der Waals surface area contributed by atoms with Gasteiger partial charge in [0.05, 0.1) is 19.1 Å². The minimum atomic E-state index is -3.86. The number of hydrogen-bond acceptors (Lipinski definition) is 6. The van der Waals surface area contributed by atoms with Crippen molar-refractivity contribution in [2.45, 2.75) is 32.4 Å². The van der Waals surface area contributed by atoms with Crippen LogP contribution in [0.15, 0.2) is 24.3 Å². The van der Waals surface area contributed by atoms with Crippen LogP contribution in [-0.4, -0.2) is 41.5 Å². The Kier molecular flexibility index (Phi) is 6.19. The lowest BCUT2D eigenvalue weighted by Gasteiger charge is -2.24. The summed E-state index contributed by atoms with van der Waals surface area (Å²) in [5, 5.41) is 0. The highest BCUT2D eigenvalue weighted by atomic mass is 32.2. The Hall–Kier alpha value is -1.16. The quantitative estimate of drug-likeness (QED) is 0.734. The molecule has 0 bridgehead atoms. The van der Waals surface area contributed by atoms with Crippen molar-refractivity contribution < 1.29 is 25.8 Å². The first-order valence-corrected chi connectivity index (χ1v) is 10.3. The number of rotatable bonds is 7. The molecule has 0 aliphatic rings. The largest absolute Gasteiger partial charge is 0.496 e. The van der Waals surface area contributed by atoms with Crippen molar-refractivity contribution in [2.75, 3.05) is 19.1 Å². The molecular formula is C14H23NO6S2. The minimum absolute atomic E-state index is 0.347. The van der Waals surface area contributed by atoms with Crippen LogP contribution in [-0.2, 0) is 24.3 Å². The van der Waals surface area contributed by atoms with Gasteiger partial charge in [-0.25, -0.2) is 13.1 Å². The number of methoxy groups -OCH3 is 1. The van der Waals surface area contributed by atoms with Gasteiger partial charge in [-0.2, -0.15) is 8.42 Å². The first-order chi connectivity index (χ1) is 10.3. The van der Waals surface area contributed by atoms with Crippen LogP contribution in [0.1, 0.15) is 32.4 Å². The zero-order valence-electron chi connectivity index (χ0n) is 13.9. The molecule has 0 heterocycles. The van der Waals surface area contributed by atoms with Gasteiger partial charge in [0.15, 0.2) is 0 Å². The van der Waals surface area contributed by atoms with E-state index < -0.39 is 37.5 Å². The number of para-hydroxylation sites is 1. The number of benzene rings is 1. The normalized spacial score (nSPS) is 14.5. The molecule has 0 radical (unpaired) electrons. The maximum Gasteiger partial charge on any atom is 0.265 e. The Labute approximate surface area is 138 Å². The summed E-state index contributed by atoms with van der Waals surface area (Å²) in [6.07, 6.45) is -0.333. The lowest BCUT2D eigenvalue weighted by molar-refractivity contribution is 0.232. The van der Waals surface area contributed by atoms with E-state index >= 15 is 0 Å². The Bertz CT molecular complexity index is 735. The minimum Gasteiger partial charge on any atom is -0.496 e. The molecule has 0 aliphatic carbocycles. The molecule has 7 nitrogen and oxygen atoms in total. The Morgan fingerprint density at radius 3 is 2.17 bits per heavy atom. The molecule has 1 N–H and O–H groups in total. The Morgan fingerprint density at radius 1 is 1.13 bits per heavy atom. The first kappa shape index (κ1) is 19.9. The highest BCUT2D eigenvalue weighted by molar-refractivity contribution is 7.89. The van der Waals surface area contributed by atoms with E-state index in [1.807, 2.05) is 0 Å². The van der Waals surface area contributed by atoms with Gasteiger partial charge in [-0.05, 0) is 26.8 Å². The van der Waals surface area contributed by atoms with Gasteiger partial charge in [-0.3, -0.25) is 4.18 Å². The monoisotopic (exact) mass is 365 g/mol. The van der Waals surface area contributed by atoms with E-state index in [1.165, 1.54) is 7.11 Å². The summed E-state index contributed by atoms with van der Waals surface area (Å²) in [4.78, 5) is 0. The van der Waals surface area contributed by atoms with E-state index in [1.54, 1.807) is 45.0 Å². The van der Waals surface area contributed by atoms with Crippen molar-refractivity contribution in [2.24, 2.45) is 0 Å². The van der Waals surface area contributed by atoms with Crippen molar-refractivity contribution >= 4 is 20.1 Å². The number of ether oxygens (including phenoxy) is 1. The average molecular weight is 365 g/mol. The van der Waals surface area contributed by atoms with Crippen molar-refractivity contribution in [1.29, 1.82) is 0 Å². The highest BCUT2D eigenvalue weighted by Crippen LogP contribution is 2.29. The Balaban J connectivity index is 3.22. The van der Waals surface area contributed by atoms with Gasteiger partial charge in [0.2, 0.25) is 10.0 Å². The fourth-order valence-corrected chi connectivity index (χ4v) is 4.36. The molecule has 0 amide bonds. The molecule has 0 aromatic heterocycles. The van der Waals surface area contributed by atoms with Crippen LogP contribution in [0.2, 0.25) is 0 Å². The van der Waals surface area contributed by atoms with Gasteiger partial charge in [0.25, 0.3) is 10.1 Å². The molecule has 1 rings (SSSR count). The molecular weight excluding hydrogens is 342 g/mol. The molecule has 1 aromatic carbocycles. The van der Waals surface area contributed by atoms with Gasteiger partial charge in [-0.15, -0.1) is 0 Å². The molecule has 0 unspecified atom stereocenters. The first-order valence-electron chi connectivity index (χ1n) is 6.86. The molecule has 0 aliphatic heterocycles. The maximum atomic E-state index is 12.3. The third kappa shape index (κ3) is 7.30. The molecule has 132 valence electrons. The lowest BCUT2D eigenvalue weighted by atomic mass is 10.1. The molecule has 0 saturated carbocycles. The van der Waals surface area contributed by atoms with Crippen molar-refractivity contribution in [3.8, 4) is 5.75 Å². The van der Waals surface area contributed by atoms with Crippen LogP contribution in [0.4, 0.5) is 0 Å². The van der Waals surface area contributed by atoms with Gasteiger partial charge in [0, 0.05) is 11.1 Å². The molecule has 23 heavy (non-hydrogen) atoms. The summed E-state index contributed by atoms with van der Waals surface area (Å²) in [6, 6.07) is 6.53. The number of nitrogens with one attached hydrogen (secondary N) is 1. The molecule has 0 fully saturated rings. The second-order valence-electron chi connectivity index (χ2n) is 6.16. The smallest absolute Gasteiger partial charge is 0.265 e. The molecule has 0 saturated heterocycles. The van der Waals surface area contributed by atoms with Crippen molar-refractivity contribution in [1.82, 2.24) is 4.72 Å². The second-order valence-corrected chi connectivity index (χ2v) is 9.53. The zero-order chi connectivity index (χ0) is 17.9. The van der Waals surface area contributed by atoms with Crippen molar-refractivity contribution in [3.05, 3.63) is 29.8 Å². The van der Waals surface area contributed by atoms with E-state index in [0.717, 1.165) is 6.26 Å². The summed E-state index contributed by atoms with van der Waals surface area (Å²) >= 11 is 0. The Morgan fingerprint density at radius 2 is 1.70 bits per heavy atom. The molecule has 1 atom stereocenters. The fourth-order valence-electron chi connectivity index (χ4n) is 2.02. The molecule has 9 heteroatoms. The highest BCUT2D eigenvalue weighted by Gasteiger charge is 2.29. The SMILES string of the molecule is COc1ccccc1[C@@H](CS(=O)(=O)NC(C)(C)C)OS(C)(=O)=O. The van der Waals surface area contributed by atoms with Gasteiger partial charge < -0.3 is 4.74 Å². The van der Waals surface area contributed by atoms with E-state index in [-0.39, 0.29) is 0 Å². The topological polar surface area (TPSA) is 98.8 Å². The van der Waals surface area contributed by atoms with E-state index in [4.69, 9.17) is 8.92 Å². The fraction of sp³-hybridized carbons (Fsp3) is 0.571. The van der Waals surface area contributed by atoms with Gasteiger partial charge in [0.1, 0.15) is 11.9 Å². The predicted octanol–water partition coefficient (Wildman–Crippen LogP) is 1.43. The van der Waals surface area contributed by atoms with E-state index in [2.05, 4.69) is 4.72 Å². The standard InChI is InChI=1S/C14H23NO6S2/c1-14(2,3)15-23(18,19)10-13(21-22(5,16)17)11-8-6-7-9-12(11)20-4/h6-9,13,15H,10H2,1-5H3/t13-/m1/s1. The third-order valence-corrected chi connectivity index (χ3v) is 4.86. The summed E-state index contributed by atoms with van der Waals surface area (Å²) < 4.78 is 60.2. The van der Waals surface area contributed by atoms with Crippen LogP contribution in [0.3, 0.4) is 0 Å². The van der Waals surface area contributed by atoms with Crippen LogP contribution < -0.4 is 9.46 Å². The summed E-state index contributed by atoms with van der Waals surface area (Å²) in [5.74, 6) is -0.190. The summed E-state index contributed by atoms with van der Waals surface area (Å²) in [5.41, 5.74) is -0.338. The van der Waals surface area contributed by atoms with Crippen molar-refractivity contribution in [3.63, 3.8) is 0 Å².